The lowest BCUT2D eigenvalue weighted by atomic mass is 10.1. The first-order valence-electron chi connectivity index (χ1n) is 8.38. The summed E-state index contributed by atoms with van der Waals surface area (Å²) in [6.45, 7) is 6.24. The van der Waals surface area contributed by atoms with Gasteiger partial charge in [0.05, 0.1) is 6.54 Å². The third-order valence-electron chi connectivity index (χ3n) is 4.56. The number of nitrogens with one attached hydrogen (secondary N) is 1. The summed E-state index contributed by atoms with van der Waals surface area (Å²) in [5.74, 6) is 0. The van der Waals surface area contributed by atoms with Crippen molar-refractivity contribution in [3.63, 3.8) is 0 Å². The number of hydrogen-bond acceptors (Lipinski definition) is 3. The molecule has 2 heterocycles. The zero-order chi connectivity index (χ0) is 16.9. The van der Waals surface area contributed by atoms with Crippen LogP contribution in [0.5, 0.6) is 0 Å². The molecule has 5 heteroatoms. The van der Waals surface area contributed by atoms with E-state index < -0.39 is 0 Å². The van der Waals surface area contributed by atoms with Gasteiger partial charge < -0.3 is 15.0 Å². The third kappa shape index (κ3) is 4.16. The summed E-state index contributed by atoms with van der Waals surface area (Å²) in [6, 6.07) is 10.4. The quantitative estimate of drug-likeness (QED) is 0.882. The van der Waals surface area contributed by atoms with Crippen molar-refractivity contribution in [2.45, 2.75) is 39.3 Å². The molecule has 24 heavy (non-hydrogen) atoms. The standard InChI is InChI=1S/C19H24N2O2S/c1-14-5-6-16(12-15(14)2)20-19(22)21(13-18-4-3-11-24-18)17-7-9-23-10-8-17/h3-6,11-12,17H,7-10,13H2,1-2H3,(H,20,22). The second kappa shape index (κ2) is 7.81. The molecule has 2 aromatic rings. The summed E-state index contributed by atoms with van der Waals surface area (Å²) in [5, 5.41) is 5.12. The van der Waals surface area contributed by atoms with Crippen molar-refractivity contribution < 1.29 is 9.53 Å². The van der Waals surface area contributed by atoms with Crippen LogP contribution in [0, 0.1) is 13.8 Å². The topological polar surface area (TPSA) is 41.6 Å². The van der Waals surface area contributed by atoms with E-state index >= 15 is 0 Å². The number of ether oxygens (including phenoxy) is 1. The van der Waals surface area contributed by atoms with Crippen molar-refractivity contribution in [2.75, 3.05) is 18.5 Å². The van der Waals surface area contributed by atoms with Gasteiger partial charge in [0, 0.05) is 29.8 Å². The highest BCUT2D eigenvalue weighted by molar-refractivity contribution is 7.09. The fourth-order valence-electron chi connectivity index (χ4n) is 2.95. The Kier molecular flexibility index (Phi) is 5.53. The van der Waals surface area contributed by atoms with E-state index in [0.29, 0.717) is 6.54 Å². The molecule has 1 aliphatic rings. The fourth-order valence-corrected chi connectivity index (χ4v) is 3.65. The summed E-state index contributed by atoms with van der Waals surface area (Å²) >= 11 is 1.69. The molecule has 1 fully saturated rings. The van der Waals surface area contributed by atoms with E-state index in [4.69, 9.17) is 4.74 Å². The normalized spacial score (nSPS) is 15.2. The number of rotatable bonds is 4. The van der Waals surface area contributed by atoms with Crippen LogP contribution in [0.1, 0.15) is 28.8 Å². The fraction of sp³-hybridized carbons (Fsp3) is 0.421. The highest BCUT2D eigenvalue weighted by Gasteiger charge is 2.26. The van der Waals surface area contributed by atoms with Gasteiger partial charge in [0.2, 0.25) is 0 Å². The Morgan fingerprint density at radius 2 is 2.04 bits per heavy atom. The average molecular weight is 344 g/mol. The summed E-state index contributed by atoms with van der Waals surface area (Å²) in [7, 11) is 0. The predicted octanol–water partition coefficient (Wildman–Crippen LogP) is 4.58. The van der Waals surface area contributed by atoms with Gasteiger partial charge >= 0.3 is 6.03 Å². The van der Waals surface area contributed by atoms with Crippen LogP contribution in [-0.2, 0) is 11.3 Å². The van der Waals surface area contributed by atoms with E-state index in [-0.39, 0.29) is 12.1 Å². The maximum atomic E-state index is 12.9. The number of benzene rings is 1. The lowest BCUT2D eigenvalue weighted by Gasteiger charge is -2.34. The van der Waals surface area contributed by atoms with E-state index in [9.17, 15) is 4.79 Å². The van der Waals surface area contributed by atoms with Crippen molar-refractivity contribution in [1.82, 2.24) is 4.90 Å². The summed E-state index contributed by atoms with van der Waals surface area (Å²) in [6.07, 6.45) is 1.79. The first-order chi connectivity index (χ1) is 11.6. The zero-order valence-electron chi connectivity index (χ0n) is 14.2. The van der Waals surface area contributed by atoms with Gasteiger partial charge in [-0.3, -0.25) is 0 Å². The number of amides is 2. The molecule has 0 atom stereocenters. The molecule has 2 amide bonds. The molecule has 0 bridgehead atoms. The number of carbonyl (C=O) groups excluding carboxylic acids is 1. The van der Waals surface area contributed by atoms with E-state index in [1.165, 1.54) is 16.0 Å². The molecule has 0 saturated carbocycles. The Morgan fingerprint density at radius 3 is 2.71 bits per heavy atom. The van der Waals surface area contributed by atoms with Crippen molar-refractivity contribution in [2.24, 2.45) is 0 Å². The molecule has 0 spiro atoms. The molecule has 1 N–H and O–H groups in total. The number of nitrogens with zero attached hydrogens (tertiary/aromatic N) is 1. The highest BCUT2D eigenvalue weighted by atomic mass is 32.1. The smallest absolute Gasteiger partial charge is 0.322 e. The van der Waals surface area contributed by atoms with Gasteiger partial charge in [-0.05, 0) is 61.4 Å². The van der Waals surface area contributed by atoms with Crippen LogP contribution in [0.2, 0.25) is 0 Å². The van der Waals surface area contributed by atoms with Gasteiger partial charge in [-0.15, -0.1) is 11.3 Å². The molecule has 0 radical (unpaired) electrons. The summed E-state index contributed by atoms with van der Waals surface area (Å²) < 4.78 is 5.46. The Hall–Kier alpha value is -1.85. The van der Waals surface area contributed by atoms with Crippen LogP contribution in [0.25, 0.3) is 0 Å². The van der Waals surface area contributed by atoms with Crippen LogP contribution in [-0.4, -0.2) is 30.2 Å². The molecule has 1 aromatic carbocycles. The Labute approximate surface area is 147 Å². The van der Waals surface area contributed by atoms with E-state index in [2.05, 4.69) is 30.6 Å². The van der Waals surface area contributed by atoms with Crippen molar-refractivity contribution in [3.8, 4) is 0 Å². The predicted molar refractivity (Wildman–Crippen MR) is 98.6 cm³/mol. The van der Waals surface area contributed by atoms with Gasteiger partial charge in [0.1, 0.15) is 0 Å². The maximum absolute atomic E-state index is 12.9. The molecule has 0 aliphatic carbocycles. The molecule has 4 nitrogen and oxygen atoms in total. The molecule has 128 valence electrons. The van der Waals surface area contributed by atoms with Gasteiger partial charge in [0.25, 0.3) is 0 Å². The second-order valence-corrected chi connectivity index (χ2v) is 7.31. The van der Waals surface area contributed by atoms with E-state index in [1.807, 2.05) is 29.2 Å². The van der Waals surface area contributed by atoms with Crippen molar-refractivity contribution in [1.29, 1.82) is 0 Å². The Morgan fingerprint density at radius 1 is 1.25 bits per heavy atom. The maximum Gasteiger partial charge on any atom is 0.322 e. The minimum Gasteiger partial charge on any atom is -0.381 e. The zero-order valence-corrected chi connectivity index (χ0v) is 15.1. The van der Waals surface area contributed by atoms with Crippen LogP contribution in [0.4, 0.5) is 10.5 Å². The van der Waals surface area contributed by atoms with Gasteiger partial charge in [-0.25, -0.2) is 4.79 Å². The van der Waals surface area contributed by atoms with E-state index in [0.717, 1.165) is 31.7 Å². The number of anilines is 1. The summed E-state index contributed by atoms with van der Waals surface area (Å²) in [5.41, 5.74) is 3.27. The molecular weight excluding hydrogens is 320 g/mol. The van der Waals surface area contributed by atoms with Crippen molar-refractivity contribution in [3.05, 3.63) is 51.7 Å². The Balaban J connectivity index is 1.75. The van der Waals surface area contributed by atoms with Gasteiger partial charge in [0.15, 0.2) is 0 Å². The molecule has 0 unspecified atom stereocenters. The summed E-state index contributed by atoms with van der Waals surface area (Å²) in [4.78, 5) is 16.1. The van der Waals surface area contributed by atoms with Crippen LogP contribution >= 0.6 is 11.3 Å². The first kappa shape index (κ1) is 17.0. The number of hydrogen-bond donors (Lipinski definition) is 1. The van der Waals surface area contributed by atoms with Crippen molar-refractivity contribution >= 4 is 23.1 Å². The molecular formula is C19H24N2O2S. The van der Waals surface area contributed by atoms with Crippen LogP contribution in [0.15, 0.2) is 35.7 Å². The van der Waals surface area contributed by atoms with E-state index in [1.54, 1.807) is 11.3 Å². The second-order valence-electron chi connectivity index (χ2n) is 6.28. The number of carbonyl (C=O) groups is 1. The SMILES string of the molecule is Cc1ccc(NC(=O)N(Cc2cccs2)C2CCOCC2)cc1C. The van der Waals surface area contributed by atoms with Crippen LogP contribution < -0.4 is 5.32 Å². The highest BCUT2D eigenvalue weighted by Crippen LogP contribution is 2.22. The number of aryl methyl sites for hydroxylation is 2. The third-order valence-corrected chi connectivity index (χ3v) is 5.42. The first-order valence-corrected chi connectivity index (χ1v) is 9.26. The Bertz CT molecular complexity index is 679. The molecule has 3 rings (SSSR count). The number of thiophene rings is 1. The monoisotopic (exact) mass is 344 g/mol. The van der Waals surface area contributed by atoms with Crippen LogP contribution in [0.3, 0.4) is 0 Å². The van der Waals surface area contributed by atoms with Gasteiger partial charge in [-0.2, -0.15) is 0 Å². The molecule has 1 aliphatic heterocycles. The molecule has 1 aromatic heterocycles. The lowest BCUT2D eigenvalue weighted by Crippen LogP contribution is -2.44. The van der Waals surface area contributed by atoms with Gasteiger partial charge in [-0.1, -0.05) is 12.1 Å². The lowest BCUT2D eigenvalue weighted by molar-refractivity contribution is 0.0462. The average Bonchev–Trinajstić information content (AvgIpc) is 3.10. The largest absolute Gasteiger partial charge is 0.381 e. The minimum atomic E-state index is -0.0291. The molecule has 1 saturated heterocycles. The number of urea groups is 1. The minimum absolute atomic E-state index is 0.0291.